The third kappa shape index (κ3) is 4.32. The van der Waals surface area contributed by atoms with Crippen LogP contribution in [-0.2, 0) is 19.4 Å². The molecular weight excluding hydrogens is 300 g/mol. The van der Waals surface area contributed by atoms with Crippen LogP contribution in [0.1, 0.15) is 51.9 Å². The van der Waals surface area contributed by atoms with Crippen LogP contribution in [0.15, 0.2) is 35.2 Å². The molecule has 1 aliphatic rings. The summed E-state index contributed by atoms with van der Waals surface area (Å²) in [5.41, 5.74) is 0. The summed E-state index contributed by atoms with van der Waals surface area (Å²) in [5.74, 6) is -0.392. The Labute approximate surface area is 132 Å². The summed E-state index contributed by atoms with van der Waals surface area (Å²) in [6, 6.07) is 8.37. The Morgan fingerprint density at radius 3 is 2.55 bits per heavy atom. The SMILES string of the molecule is CCCCCCC1CC(S(=O)(=O)c2ccccc2)CC(=O)O1. The van der Waals surface area contributed by atoms with Gasteiger partial charge in [0.05, 0.1) is 16.6 Å². The lowest BCUT2D eigenvalue weighted by Gasteiger charge is -2.28. The Morgan fingerprint density at radius 1 is 1.14 bits per heavy atom. The Balaban J connectivity index is 2.03. The number of carbonyl (C=O) groups excluding carboxylic acids is 1. The molecule has 2 unspecified atom stereocenters. The first-order chi connectivity index (χ1) is 10.5. The molecular formula is C17H24O4S. The summed E-state index contributed by atoms with van der Waals surface area (Å²) >= 11 is 0. The number of carbonyl (C=O) groups is 1. The van der Waals surface area contributed by atoms with Crippen molar-refractivity contribution in [1.82, 2.24) is 0 Å². The van der Waals surface area contributed by atoms with E-state index in [0.29, 0.717) is 11.3 Å². The first-order valence-corrected chi connectivity index (χ1v) is 9.57. The second-order valence-corrected chi connectivity index (χ2v) is 8.11. The van der Waals surface area contributed by atoms with Crippen LogP contribution >= 0.6 is 0 Å². The first kappa shape index (κ1) is 17.0. The predicted molar refractivity (Wildman–Crippen MR) is 85.3 cm³/mol. The van der Waals surface area contributed by atoms with Crippen molar-refractivity contribution in [2.24, 2.45) is 0 Å². The summed E-state index contributed by atoms with van der Waals surface area (Å²) in [5, 5.41) is -0.660. The number of sulfone groups is 1. The first-order valence-electron chi connectivity index (χ1n) is 8.02. The Bertz CT molecular complexity index is 580. The molecule has 1 saturated heterocycles. The minimum Gasteiger partial charge on any atom is -0.462 e. The van der Waals surface area contributed by atoms with Crippen LogP contribution in [0.5, 0.6) is 0 Å². The van der Waals surface area contributed by atoms with Gasteiger partial charge in [-0.25, -0.2) is 8.42 Å². The third-order valence-corrected chi connectivity index (χ3v) is 6.27. The van der Waals surface area contributed by atoms with Crippen molar-refractivity contribution >= 4 is 15.8 Å². The normalized spacial score (nSPS) is 22.3. The average Bonchev–Trinajstić information content (AvgIpc) is 2.52. The number of cyclic esters (lactones) is 1. The van der Waals surface area contributed by atoms with E-state index in [1.165, 1.54) is 0 Å². The van der Waals surface area contributed by atoms with Crippen LogP contribution in [0, 0.1) is 0 Å². The molecule has 2 atom stereocenters. The summed E-state index contributed by atoms with van der Waals surface area (Å²) in [6.07, 6.45) is 5.25. The van der Waals surface area contributed by atoms with E-state index >= 15 is 0 Å². The van der Waals surface area contributed by atoms with Crippen molar-refractivity contribution in [3.63, 3.8) is 0 Å². The van der Waals surface area contributed by atoms with Crippen LogP contribution in [-0.4, -0.2) is 25.7 Å². The van der Waals surface area contributed by atoms with Crippen LogP contribution in [0.2, 0.25) is 0 Å². The molecule has 1 aliphatic heterocycles. The fourth-order valence-electron chi connectivity index (χ4n) is 2.86. The van der Waals surface area contributed by atoms with Gasteiger partial charge in [0.2, 0.25) is 0 Å². The average molecular weight is 324 g/mol. The second-order valence-electron chi connectivity index (χ2n) is 5.88. The van der Waals surface area contributed by atoms with E-state index in [-0.39, 0.29) is 12.5 Å². The quantitative estimate of drug-likeness (QED) is 0.569. The lowest BCUT2D eigenvalue weighted by atomic mass is 10.0. The Hall–Kier alpha value is -1.36. The van der Waals surface area contributed by atoms with Gasteiger partial charge in [-0.2, -0.15) is 0 Å². The van der Waals surface area contributed by atoms with Gasteiger partial charge in [0.15, 0.2) is 9.84 Å². The zero-order chi connectivity index (χ0) is 16.0. The van der Waals surface area contributed by atoms with Crippen LogP contribution in [0.3, 0.4) is 0 Å². The summed E-state index contributed by atoms with van der Waals surface area (Å²) in [6.45, 7) is 2.14. The highest BCUT2D eigenvalue weighted by atomic mass is 32.2. The summed E-state index contributed by atoms with van der Waals surface area (Å²) < 4.78 is 30.6. The Morgan fingerprint density at radius 2 is 1.86 bits per heavy atom. The molecule has 2 rings (SSSR count). The monoisotopic (exact) mass is 324 g/mol. The molecule has 0 aromatic heterocycles. The van der Waals surface area contributed by atoms with Crippen molar-refractivity contribution in [2.45, 2.75) is 68.1 Å². The van der Waals surface area contributed by atoms with E-state index < -0.39 is 21.1 Å². The van der Waals surface area contributed by atoms with Crippen molar-refractivity contribution in [3.05, 3.63) is 30.3 Å². The van der Waals surface area contributed by atoms with E-state index in [1.54, 1.807) is 30.3 Å². The smallest absolute Gasteiger partial charge is 0.307 e. The maximum atomic E-state index is 12.6. The largest absolute Gasteiger partial charge is 0.462 e. The maximum absolute atomic E-state index is 12.6. The fraction of sp³-hybridized carbons (Fsp3) is 0.588. The van der Waals surface area contributed by atoms with Crippen LogP contribution in [0.4, 0.5) is 0 Å². The van der Waals surface area contributed by atoms with E-state index in [9.17, 15) is 13.2 Å². The molecule has 0 bridgehead atoms. The minimum absolute atomic E-state index is 0.0390. The number of rotatable bonds is 7. The van der Waals surface area contributed by atoms with Crippen molar-refractivity contribution < 1.29 is 17.9 Å². The van der Waals surface area contributed by atoms with Gasteiger partial charge in [-0.1, -0.05) is 44.4 Å². The van der Waals surface area contributed by atoms with Gasteiger partial charge in [0.1, 0.15) is 6.10 Å². The van der Waals surface area contributed by atoms with E-state index in [1.807, 2.05) is 0 Å². The van der Waals surface area contributed by atoms with Crippen molar-refractivity contribution in [2.75, 3.05) is 0 Å². The second kappa shape index (κ2) is 7.77. The molecule has 1 aromatic carbocycles. The topological polar surface area (TPSA) is 60.4 Å². The molecule has 22 heavy (non-hydrogen) atoms. The molecule has 0 aliphatic carbocycles. The molecule has 1 heterocycles. The Kier molecular flexibility index (Phi) is 6.00. The number of benzene rings is 1. The molecule has 0 radical (unpaired) electrons. The molecule has 4 nitrogen and oxygen atoms in total. The molecule has 5 heteroatoms. The predicted octanol–water partition coefficient (Wildman–Crippen LogP) is 3.50. The summed E-state index contributed by atoms with van der Waals surface area (Å²) in [7, 11) is -3.46. The molecule has 0 spiro atoms. The number of unbranched alkanes of at least 4 members (excludes halogenated alkanes) is 3. The van der Waals surface area contributed by atoms with Gasteiger partial charge in [0.25, 0.3) is 0 Å². The van der Waals surface area contributed by atoms with Gasteiger partial charge in [-0.05, 0) is 25.0 Å². The van der Waals surface area contributed by atoms with Crippen LogP contribution in [0.25, 0.3) is 0 Å². The zero-order valence-electron chi connectivity index (χ0n) is 13.0. The van der Waals surface area contributed by atoms with Crippen molar-refractivity contribution in [1.29, 1.82) is 0 Å². The van der Waals surface area contributed by atoms with Gasteiger partial charge >= 0.3 is 5.97 Å². The van der Waals surface area contributed by atoms with E-state index in [0.717, 1.165) is 32.1 Å². The number of hydrogen-bond donors (Lipinski definition) is 0. The fourth-order valence-corrected chi connectivity index (χ4v) is 4.60. The number of hydrogen-bond acceptors (Lipinski definition) is 4. The van der Waals surface area contributed by atoms with E-state index in [4.69, 9.17) is 4.74 Å². The standard InChI is InChI=1S/C17H24O4S/c1-2-3-4-6-9-14-12-16(13-17(18)21-14)22(19,20)15-10-7-5-8-11-15/h5,7-8,10-11,14,16H,2-4,6,9,12-13H2,1H3. The van der Waals surface area contributed by atoms with Crippen LogP contribution < -0.4 is 0 Å². The molecule has 122 valence electrons. The number of ether oxygens (including phenoxy) is 1. The molecule has 1 aromatic rings. The van der Waals surface area contributed by atoms with Gasteiger partial charge in [-0.15, -0.1) is 0 Å². The van der Waals surface area contributed by atoms with Gasteiger partial charge in [0, 0.05) is 6.42 Å². The van der Waals surface area contributed by atoms with E-state index in [2.05, 4.69) is 6.92 Å². The third-order valence-electron chi connectivity index (χ3n) is 4.11. The molecule has 0 amide bonds. The molecule has 1 fully saturated rings. The number of esters is 1. The van der Waals surface area contributed by atoms with Gasteiger partial charge < -0.3 is 4.74 Å². The lowest BCUT2D eigenvalue weighted by molar-refractivity contribution is -0.153. The highest BCUT2D eigenvalue weighted by Crippen LogP contribution is 2.28. The molecule has 0 N–H and O–H groups in total. The minimum atomic E-state index is -3.46. The summed E-state index contributed by atoms with van der Waals surface area (Å²) in [4.78, 5) is 12.1. The lowest BCUT2D eigenvalue weighted by Crippen LogP contribution is -2.37. The zero-order valence-corrected chi connectivity index (χ0v) is 13.8. The molecule has 0 saturated carbocycles. The highest BCUT2D eigenvalue weighted by molar-refractivity contribution is 7.92. The van der Waals surface area contributed by atoms with Gasteiger partial charge in [-0.3, -0.25) is 4.79 Å². The maximum Gasteiger partial charge on any atom is 0.307 e. The van der Waals surface area contributed by atoms with Crippen molar-refractivity contribution in [3.8, 4) is 0 Å². The highest BCUT2D eigenvalue weighted by Gasteiger charge is 2.37.